The highest BCUT2D eigenvalue weighted by Gasteiger charge is 2.17. The average Bonchev–Trinajstić information content (AvgIpc) is 3.08. The molecular formula is C15H16N2O2S2. The lowest BCUT2D eigenvalue weighted by molar-refractivity contribution is 0.583. The van der Waals surface area contributed by atoms with E-state index >= 15 is 0 Å². The summed E-state index contributed by atoms with van der Waals surface area (Å²) >= 11 is 1.22. The van der Waals surface area contributed by atoms with Crippen molar-refractivity contribution >= 4 is 32.3 Å². The molecule has 6 heteroatoms. The lowest BCUT2D eigenvalue weighted by Crippen LogP contribution is -2.22. The van der Waals surface area contributed by atoms with Gasteiger partial charge in [-0.15, -0.1) is 11.3 Å². The average molecular weight is 320 g/mol. The Morgan fingerprint density at radius 2 is 1.95 bits per heavy atom. The summed E-state index contributed by atoms with van der Waals surface area (Å²) in [6, 6.07) is 11.4. The van der Waals surface area contributed by atoms with Gasteiger partial charge in [-0.2, -0.15) is 0 Å². The molecule has 2 heterocycles. The van der Waals surface area contributed by atoms with Gasteiger partial charge < -0.3 is 4.57 Å². The predicted molar refractivity (Wildman–Crippen MR) is 86.0 cm³/mol. The second-order valence-electron chi connectivity index (χ2n) is 4.90. The largest absolute Gasteiger partial charge is 0.348 e. The number of hydrogen-bond acceptors (Lipinski definition) is 3. The quantitative estimate of drug-likeness (QED) is 0.803. The highest BCUT2D eigenvalue weighted by Crippen LogP contribution is 2.25. The third-order valence-corrected chi connectivity index (χ3v) is 6.53. The van der Waals surface area contributed by atoms with Gasteiger partial charge in [0, 0.05) is 30.2 Å². The van der Waals surface area contributed by atoms with E-state index in [4.69, 9.17) is 0 Å². The first kappa shape index (κ1) is 14.3. The van der Waals surface area contributed by atoms with Crippen LogP contribution in [-0.4, -0.2) is 13.0 Å². The van der Waals surface area contributed by atoms with Gasteiger partial charge in [-0.1, -0.05) is 24.3 Å². The van der Waals surface area contributed by atoms with Gasteiger partial charge in [-0.3, -0.25) is 0 Å². The highest BCUT2D eigenvalue weighted by molar-refractivity contribution is 7.91. The van der Waals surface area contributed by atoms with Crippen LogP contribution in [0, 0.1) is 6.92 Å². The van der Waals surface area contributed by atoms with Crippen molar-refractivity contribution in [2.45, 2.75) is 17.7 Å². The Morgan fingerprint density at radius 3 is 2.67 bits per heavy atom. The molecule has 21 heavy (non-hydrogen) atoms. The standard InChI is InChI=1S/C15H16N2O2S2/c1-11-13(12-6-3-4-7-14(12)17(11)2)10-16-21(18,19)15-8-5-9-20-15/h3-9,16H,10H2,1-2H3. The van der Waals surface area contributed by atoms with Crippen molar-refractivity contribution in [1.82, 2.24) is 9.29 Å². The molecule has 3 rings (SSSR count). The number of rotatable bonds is 4. The van der Waals surface area contributed by atoms with Crippen molar-refractivity contribution in [3.05, 3.63) is 53.0 Å². The summed E-state index contributed by atoms with van der Waals surface area (Å²) < 4.78 is 29.6. The summed E-state index contributed by atoms with van der Waals surface area (Å²) in [6.45, 7) is 2.31. The fourth-order valence-electron chi connectivity index (χ4n) is 2.48. The second kappa shape index (κ2) is 5.29. The van der Waals surface area contributed by atoms with Crippen molar-refractivity contribution in [3.8, 4) is 0 Å². The zero-order chi connectivity index (χ0) is 15.0. The van der Waals surface area contributed by atoms with E-state index in [2.05, 4.69) is 9.29 Å². The summed E-state index contributed by atoms with van der Waals surface area (Å²) in [4.78, 5) is 0. The van der Waals surface area contributed by atoms with Crippen molar-refractivity contribution in [3.63, 3.8) is 0 Å². The SMILES string of the molecule is Cc1c(CNS(=O)(=O)c2cccs2)c2ccccc2n1C. The summed E-state index contributed by atoms with van der Waals surface area (Å²) in [5.74, 6) is 0. The maximum absolute atomic E-state index is 12.2. The van der Waals surface area contributed by atoms with Gasteiger partial charge >= 0.3 is 0 Å². The molecule has 0 spiro atoms. The van der Waals surface area contributed by atoms with E-state index < -0.39 is 10.0 Å². The molecule has 4 nitrogen and oxygen atoms in total. The maximum atomic E-state index is 12.2. The number of aryl methyl sites for hydroxylation is 1. The topological polar surface area (TPSA) is 51.1 Å². The summed E-state index contributed by atoms with van der Waals surface area (Å²) in [7, 11) is -1.44. The molecule has 0 amide bonds. The van der Waals surface area contributed by atoms with Crippen LogP contribution in [0.2, 0.25) is 0 Å². The van der Waals surface area contributed by atoms with Gasteiger partial charge in [-0.25, -0.2) is 13.1 Å². The Kier molecular flexibility index (Phi) is 3.61. The molecule has 0 saturated carbocycles. The van der Waals surface area contributed by atoms with Crippen LogP contribution in [0.4, 0.5) is 0 Å². The smallest absolute Gasteiger partial charge is 0.250 e. The van der Waals surface area contributed by atoms with E-state index in [1.165, 1.54) is 11.3 Å². The molecule has 0 atom stereocenters. The number of benzene rings is 1. The molecule has 2 aromatic heterocycles. The molecule has 0 aliphatic rings. The molecule has 0 bridgehead atoms. The number of thiophene rings is 1. The summed E-state index contributed by atoms with van der Waals surface area (Å²) in [6.07, 6.45) is 0. The molecule has 110 valence electrons. The monoisotopic (exact) mass is 320 g/mol. The zero-order valence-electron chi connectivity index (χ0n) is 11.8. The van der Waals surface area contributed by atoms with Gasteiger partial charge in [0.1, 0.15) is 4.21 Å². The van der Waals surface area contributed by atoms with Crippen molar-refractivity contribution in [1.29, 1.82) is 0 Å². The Morgan fingerprint density at radius 1 is 1.19 bits per heavy atom. The molecule has 3 aromatic rings. The van der Waals surface area contributed by atoms with E-state index in [1.54, 1.807) is 17.5 Å². The minimum atomic E-state index is -3.43. The van der Waals surface area contributed by atoms with Crippen molar-refractivity contribution in [2.75, 3.05) is 0 Å². The second-order valence-corrected chi connectivity index (χ2v) is 7.84. The Hall–Kier alpha value is -1.63. The van der Waals surface area contributed by atoms with Gasteiger partial charge in [0.05, 0.1) is 0 Å². The number of sulfonamides is 1. The number of fused-ring (bicyclic) bond motifs is 1. The summed E-state index contributed by atoms with van der Waals surface area (Å²) in [5, 5.41) is 2.85. The molecular weight excluding hydrogens is 304 g/mol. The molecule has 0 fully saturated rings. The maximum Gasteiger partial charge on any atom is 0.250 e. The highest BCUT2D eigenvalue weighted by atomic mass is 32.2. The van der Waals surface area contributed by atoms with Crippen LogP contribution in [0.15, 0.2) is 46.0 Å². The third-order valence-electron chi connectivity index (χ3n) is 3.73. The molecule has 0 aliphatic carbocycles. The van der Waals surface area contributed by atoms with E-state index in [1.807, 2.05) is 38.2 Å². The van der Waals surface area contributed by atoms with Gasteiger partial charge in [0.15, 0.2) is 0 Å². The van der Waals surface area contributed by atoms with Gasteiger partial charge in [0.25, 0.3) is 0 Å². The number of para-hydroxylation sites is 1. The third kappa shape index (κ3) is 2.50. The van der Waals surface area contributed by atoms with Gasteiger partial charge in [-0.05, 0) is 30.0 Å². The minimum Gasteiger partial charge on any atom is -0.348 e. The van der Waals surface area contributed by atoms with Crippen molar-refractivity contribution in [2.24, 2.45) is 7.05 Å². The van der Waals surface area contributed by atoms with E-state index in [0.29, 0.717) is 10.8 Å². The fourth-order valence-corrected chi connectivity index (χ4v) is 4.51. The Balaban J connectivity index is 1.95. The molecule has 1 aromatic carbocycles. The van der Waals surface area contributed by atoms with E-state index in [0.717, 1.165) is 22.2 Å². The zero-order valence-corrected chi connectivity index (χ0v) is 13.5. The van der Waals surface area contributed by atoms with Crippen LogP contribution in [0.5, 0.6) is 0 Å². The molecule has 0 unspecified atom stereocenters. The van der Waals surface area contributed by atoms with Crippen LogP contribution in [0.3, 0.4) is 0 Å². The predicted octanol–water partition coefficient (Wildman–Crippen LogP) is 3.03. The lowest BCUT2D eigenvalue weighted by Gasteiger charge is -2.06. The minimum absolute atomic E-state index is 0.299. The molecule has 0 radical (unpaired) electrons. The number of aromatic nitrogens is 1. The number of nitrogens with zero attached hydrogens (tertiary/aromatic N) is 1. The first-order chi connectivity index (χ1) is 10.0. The van der Waals surface area contributed by atoms with Crippen LogP contribution in [0.1, 0.15) is 11.3 Å². The number of nitrogens with one attached hydrogen (secondary N) is 1. The number of hydrogen-bond donors (Lipinski definition) is 1. The molecule has 0 aliphatic heterocycles. The lowest BCUT2D eigenvalue weighted by atomic mass is 10.1. The Bertz CT molecular complexity index is 878. The first-order valence-corrected chi connectivity index (χ1v) is 8.93. The van der Waals surface area contributed by atoms with Crippen LogP contribution >= 0.6 is 11.3 Å². The molecule has 0 saturated heterocycles. The summed E-state index contributed by atoms with van der Waals surface area (Å²) in [5.41, 5.74) is 3.21. The van der Waals surface area contributed by atoms with Crippen LogP contribution < -0.4 is 4.72 Å². The van der Waals surface area contributed by atoms with Gasteiger partial charge in [0.2, 0.25) is 10.0 Å². The molecule has 1 N–H and O–H groups in total. The Labute approximate surface area is 128 Å². The normalized spacial score (nSPS) is 12.1. The van der Waals surface area contributed by atoms with Crippen molar-refractivity contribution < 1.29 is 8.42 Å². The van der Waals surface area contributed by atoms with E-state index in [-0.39, 0.29) is 0 Å². The fraction of sp³-hybridized carbons (Fsp3) is 0.200. The van der Waals surface area contributed by atoms with E-state index in [9.17, 15) is 8.42 Å². The van der Waals surface area contributed by atoms with Crippen LogP contribution in [0.25, 0.3) is 10.9 Å². The first-order valence-electron chi connectivity index (χ1n) is 6.57. The van der Waals surface area contributed by atoms with Crippen LogP contribution in [-0.2, 0) is 23.6 Å².